The molecule has 0 spiro atoms. The molecule has 0 bridgehead atoms. The van der Waals surface area contributed by atoms with Crippen LogP contribution in [0.25, 0.3) is 10.9 Å². The number of piperidine rings is 2. The van der Waals surface area contributed by atoms with Crippen molar-refractivity contribution in [3.05, 3.63) is 69.8 Å². The fourth-order valence-electron chi connectivity index (χ4n) is 6.38. The molecule has 194 valence electrons. The highest BCUT2D eigenvalue weighted by Crippen LogP contribution is 2.34. The number of nitrogens with one attached hydrogen (secondary N) is 1. The fraction of sp³-hybridized carbons (Fsp3) is 0.533. The van der Waals surface area contributed by atoms with E-state index in [-0.39, 0.29) is 6.61 Å². The molecule has 3 aromatic rings. The minimum Gasteiger partial charge on any atom is -0.395 e. The molecule has 0 aliphatic carbocycles. The number of fused-ring (bicyclic) bond motifs is 1. The Morgan fingerprint density at radius 3 is 2.47 bits per heavy atom. The first-order valence-corrected chi connectivity index (χ1v) is 14.4. The molecule has 2 aliphatic rings. The van der Waals surface area contributed by atoms with E-state index in [0.717, 1.165) is 44.8 Å². The Kier molecular flexibility index (Phi) is 8.92. The summed E-state index contributed by atoms with van der Waals surface area (Å²) >= 11 is 12.2. The highest BCUT2D eigenvalue weighted by atomic mass is 35.5. The van der Waals surface area contributed by atoms with Crippen molar-refractivity contribution in [1.29, 1.82) is 0 Å². The Hall–Kier alpha value is -1.56. The van der Waals surface area contributed by atoms with E-state index in [1.807, 2.05) is 12.1 Å². The Bertz CT molecular complexity index is 1120. The Morgan fingerprint density at radius 2 is 1.72 bits per heavy atom. The molecule has 2 aliphatic heterocycles. The van der Waals surface area contributed by atoms with Crippen molar-refractivity contribution in [3.63, 3.8) is 0 Å². The van der Waals surface area contributed by atoms with Gasteiger partial charge in [-0.25, -0.2) is 0 Å². The lowest BCUT2D eigenvalue weighted by Crippen LogP contribution is -2.45. The number of likely N-dealkylation sites (tertiary alicyclic amines) is 2. The molecule has 3 heterocycles. The largest absolute Gasteiger partial charge is 0.395 e. The van der Waals surface area contributed by atoms with Gasteiger partial charge < -0.3 is 15.0 Å². The second-order valence-electron chi connectivity index (χ2n) is 10.8. The van der Waals surface area contributed by atoms with Crippen LogP contribution in [0, 0.1) is 5.92 Å². The van der Waals surface area contributed by atoms with Gasteiger partial charge in [0.15, 0.2) is 0 Å². The number of para-hydroxylation sites is 1. The number of aromatic amines is 1. The first-order chi connectivity index (χ1) is 17.6. The van der Waals surface area contributed by atoms with Crippen LogP contribution < -0.4 is 0 Å². The summed E-state index contributed by atoms with van der Waals surface area (Å²) in [6.07, 6.45) is 10.4. The van der Waals surface area contributed by atoms with Crippen LogP contribution in [0.15, 0.2) is 48.7 Å². The summed E-state index contributed by atoms with van der Waals surface area (Å²) in [5.41, 5.74) is 3.97. The van der Waals surface area contributed by atoms with Crippen LogP contribution in [-0.4, -0.2) is 65.3 Å². The zero-order valence-corrected chi connectivity index (χ0v) is 22.7. The SMILES string of the molecule is OCC(CC1CCN(CCCc2ccc(Cl)c(Cl)c2)CC1)N1CCC(c2c[nH]c3ccccc23)CC1. The molecule has 2 saturated heterocycles. The normalized spacial score (nSPS) is 19.8. The minimum absolute atomic E-state index is 0.279. The van der Waals surface area contributed by atoms with Gasteiger partial charge in [0, 0.05) is 23.1 Å². The van der Waals surface area contributed by atoms with Crippen LogP contribution in [0.2, 0.25) is 10.0 Å². The molecule has 1 unspecified atom stereocenters. The van der Waals surface area contributed by atoms with E-state index in [9.17, 15) is 5.11 Å². The molecule has 1 aromatic heterocycles. The number of rotatable bonds is 9. The monoisotopic (exact) mass is 527 g/mol. The quantitative estimate of drug-likeness (QED) is 0.323. The lowest BCUT2D eigenvalue weighted by atomic mass is 9.86. The zero-order valence-electron chi connectivity index (χ0n) is 21.1. The number of hydrogen-bond acceptors (Lipinski definition) is 3. The zero-order chi connectivity index (χ0) is 24.9. The molecule has 6 heteroatoms. The summed E-state index contributed by atoms with van der Waals surface area (Å²) in [6, 6.07) is 14.9. The van der Waals surface area contributed by atoms with Crippen molar-refractivity contribution in [2.45, 2.75) is 56.9 Å². The van der Waals surface area contributed by atoms with Gasteiger partial charge in [0.2, 0.25) is 0 Å². The molecule has 5 rings (SSSR count). The Balaban J connectivity index is 1.04. The summed E-state index contributed by atoms with van der Waals surface area (Å²) in [4.78, 5) is 8.62. The standard InChI is InChI=1S/C30H39Cl2N3O/c31-28-8-7-22(19-29(28)32)4-3-13-34-14-9-23(10-15-34)18-25(21-36)35-16-11-24(12-17-35)27-20-33-30-6-2-1-5-26(27)30/h1-2,5-8,19-20,23-25,33,36H,3-4,9-18,21H2. The van der Waals surface area contributed by atoms with E-state index in [4.69, 9.17) is 23.2 Å². The number of aryl methyl sites for hydroxylation is 1. The van der Waals surface area contributed by atoms with Gasteiger partial charge in [-0.3, -0.25) is 4.90 Å². The van der Waals surface area contributed by atoms with Gasteiger partial charge in [0.1, 0.15) is 0 Å². The van der Waals surface area contributed by atoms with Gasteiger partial charge in [-0.2, -0.15) is 0 Å². The highest BCUT2D eigenvalue weighted by molar-refractivity contribution is 6.42. The summed E-state index contributed by atoms with van der Waals surface area (Å²) in [5, 5.41) is 12.9. The summed E-state index contributed by atoms with van der Waals surface area (Å²) in [7, 11) is 0. The first kappa shape index (κ1) is 26.1. The van der Waals surface area contributed by atoms with Gasteiger partial charge in [0.05, 0.1) is 16.7 Å². The average molecular weight is 529 g/mol. The fourth-order valence-corrected chi connectivity index (χ4v) is 6.70. The molecule has 0 saturated carbocycles. The van der Waals surface area contributed by atoms with E-state index in [0.29, 0.717) is 22.0 Å². The molecular weight excluding hydrogens is 489 g/mol. The van der Waals surface area contributed by atoms with E-state index in [1.54, 1.807) is 0 Å². The smallest absolute Gasteiger partial charge is 0.0595 e. The molecule has 2 N–H and O–H groups in total. The maximum Gasteiger partial charge on any atom is 0.0595 e. The molecule has 0 radical (unpaired) electrons. The lowest BCUT2D eigenvalue weighted by Gasteiger charge is -2.40. The third kappa shape index (κ3) is 6.28. The number of aliphatic hydroxyl groups is 1. The number of hydrogen-bond donors (Lipinski definition) is 2. The van der Waals surface area contributed by atoms with Crippen molar-refractivity contribution in [3.8, 4) is 0 Å². The van der Waals surface area contributed by atoms with Gasteiger partial charge in [-0.15, -0.1) is 0 Å². The Labute approximate surface area is 225 Å². The number of H-pyrrole nitrogens is 1. The van der Waals surface area contributed by atoms with Crippen LogP contribution in [-0.2, 0) is 6.42 Å². The van der Waals surface area contributed by atoms with Crippen molar-refractivity contribution in [2.24, 2.45) is 5.92 Å². The van der Waals surface area contributed by atoms with Crippen molar-refractivity contribution in [2.75, 3.05) is 39.3 Å². The lowest BCUT2D eigenvalue weighted by molar-refractivity contribution is 0.0686. The van der Waals surface area contributed by atoms with Crippen LogP contribution in [0.5, 0.6) is 0 Å². The van der Waals surface area contributed by atoms with E-state index >= 15 is 0 Å². The third-order valence-electron chi connectivity index (χ3n) is 8.55. The van der Waals surface area contributed by atoms with Crippen LogP contribution >= 0.6 is 23.2 Å². The maximum absolute atomic E-state index is 10.2. The van der Waals surface area contributed by atoms with Crippen molar-refractivity contribution < 1.29 is 5.11 Å². The van der Waals surface area contributed by atoms with Crippen LogP contribution in [0.4, 0.5) is 0 Å². The van der Waals surface area contributed by atoms with Crippen LogP contribution in [0.1, 0.15) is 55.6 Å². The topological polar surface area (TPSA) is 42.5 Å². The number of aliphatic hydroxyl groups excluding tert-OH is 1. The van der Waals surface area contributed by atoms with Crippen molar-refractivity contribution >= 4 is 34.1 Å². The van der Waals surface area contributed by atoms with Crippen LogP contribution in [0.3, 0.4) is 0 Å². The van der Waals surface area contributed by atoms with E-state index in [2.05, 4.69) is 51.3 Å². The molecular formula is C30H39Cl2N3O. The number of aromatic nitrogens is 1. The molecule has 1 atom stereocenters. The molecule has 2 aromatic carbocycles. The van der Waals surface area contributed by atoms with Gasteiger partial charge in [-0.05, 0) is 119 Å². The predicted molar refractivity (Wildman–Crippen MR) is 151 cm³/mol. The minimum atomic E-state index is 0.279. The Morgan fingerprint density at radius 1 is 0.944 bits per heavy atom. The van der Waals surface area contributed by atoms with Gasteiger partial charge >= 0.3 is 0 Å². The first-order valence-electron chi connectivity index (χ1n) is 13.7. The maximum atomic E-state index is 10.2. The predicted octanol–water partition coefficient (Wildman–Crippen LogP) is 6.75. The van der Waals surface area contributed by atoms with Gasteiger partial charge in [-0.1, -0.05) is 47.5 Å². The number of nitrogens with zero attached hydrogens (tertiary/aromatic N) is 2. The number of benzene rings is 2. The molecule has 4 nitrogen and oxygen atoms in total. The highest BCUT2D eigenvalue weighted by Gasteiger charge is 2.29. The molecule has 2 fully saturated rings. The second kappa shape index (κ2) is 12.3. The summed E-state index contributed by atoms with van der Waals surface area (Å²) in [5.74, 6) is 1.34. The molecule has 0 amide bonds. The number of halogens is 2. The molecule has 36 heavy (non-hydrogen) atoms. The van der Waals surface area contributed by atoms with Crippen molar-refractivity contribution in [1.82, 2.24) is 14.8 Å². The van der Waals surface area contributed by atoms with E-state index in [1.165, 1.54) is 60.8 Å². The summed E-state index contributed by atoms with van der Waals surface area (Å²) in [6.45, 7) is 5.94. The van der Waals surface area contributed by atoms with E-state index < -0.39 is 0 Å². The van der Waals surface area contributed by atoms with Gasteiger partial charge in [0.25, 0.3) is 0 Å². The summed E-state index contributed by atoms with van der Waals surface area (Å²) < 4.78 is 0. The second-order valence-corrected chi connectivity index (χ2v) is 11.6. The average Bonchev–Trinajstić information content (AvgIpc) is 3.35. The third-order valence-corrected chi connectivity index (χ3v) is 9.29.